The number of hydrogen-bond donors (Lipinski definition) is 1. The van der Waals surface area contributed by atoms with Crippen LogP contribution >= 0.6 is 0 Å². The Hall–Kier alpha value is -1.35. The SMILES string of the molecule is Cc1cccc(NC(=O)CC2CCCO2)c1C. The third-order valence-corrected chi connectivity index (χ3v) is 3.32. The number of carbonyl (C=O) groups is 1. The van der Waals surface area contributed by atoms with Crippen LogP contribution in [-0.2, 0) is 9.53 Å². The maximum atomic E-state index is 11.8. The van der Waals surface area contributed by atoms with E-state index in [1.165, 1.54) is 5.56 Å². The van der Waals surface area contributed by atoms with E-state index in [1.54, 1.807) is 0 Å². The summed E-state index contributed by atoms with van der Waals surface area (Å²) in [6.07, 6.45) is 2.65. The molecule has 1 aromatic rings. The summed E-state index contributed by atoms with van der Waals surface area (Å²) in [5.74, 6) is 0.0469. The van der Waals surface area contributed by atoms with Gasteiger partial charge in [0.05, 0.1) is 12.5 Å². The van der Waals surface area contributed by atoms with Gasteiger partial charge in [-0.15, -0.1) is 0 Å². The molecule has 0 spiro atoms. The maximum absolute atomic E-state index is 11.8. The molecule has 1 unspecified atom stereocenters. The lowest BCUT2D eigenvalue weighted by Gasteiger charge is -2.12. The van der Waals surface area contributed by atoms with Crippen LogP contribution in [0.1, 0.15) is 30.4 Å². The van der Waals surface area contributed by atoms with E-state index in [2.05, 4.69) is 5.32 Å². The summed E-state index contributed by atoms with van der Waals surface area (Å²) in [5, 5.41) is 2.96. The summed E-state index contributed by atoms with van der Waals surface area (Å²) in [6.45, 7) is 4.86. The third-order valence-electron chi connectivity index (χ3n) is 3.32. The molecule has 3 nitrogen and oxygen atoms in total. The summed E-state index contributed by atoms with van der Waals surface area (Å²) in [5.41, 5.74) is 3.24. The van der Waals surface area contributed by atoms with Gasteiger partial charge < -0.3 is 10.1 Å². The van der Waals surface area contributed by atoms with Gasteiger partial charge in [-0.1, -0.05) is 12.1 Å². The Kier molecular flexibility index (Phi) is 3.79. The summed E-state index contributed by atoms with van der Waals surface area (Å²) in [7, 11) is 0. The van der Waals surface area contributed by atoms with Crippen LogP contribution in [-0.4, -0.2) is 18.6 Å². The predicted molar refractivity (Wildman–Crippen MR) is 68.1 cm³/mol. The Bertz CT molecular complexity index is 409. The van der Waals surface area contributed by atoms with E-state index in [9.17, 15) is 4.79 Å². The second kappa shape index (κ2) is 5.32. The number of aryl methyl sites for hydroxylation is 1. The molecule has 1 amide bonds. The van der Waals surface area contributed by atoms with E-state index in [4.69, 9.17) is 4.74 Å². The Morgan fingerprint density at radius 1 is 1.47 bits per heavy atom. The summed E-state index contributed by atoms with van der Waals surface area (Å²) in [6, 6.07) is 5.95. The standard InChI is InChI=1S/C14H19NO2/c1-10-5-3-7-13(11(10)2)15-14(16)9-12-6-4-8-17-12/h3,5,7,12H,4,6,8-9H2,1-2H3,(H,15,16). The number of carbonyl (C=O) groups excluding carboxylic acids is 1. The molecule has 1 atom stereocenters. The minimum Gasteiger partial charge on any atom is -0.378 e. The average Bonchev–Trinajstić information content (AvgIpc) is 2.77. The van der Waals surface area contributed by atoms with Gasteiger partial charge in [0, 0.05) is 12.3 Å². The highest BCUT2D eigenvalue weighted by atomic mass is 16.5. The first-order chi connectivity index (χ1) is 8.16. The monoisotopic (exact) mass is 233 g/mol. The van der Waals surface area contributed by atoms with Gasteiger partial charge in [0.2, 0.25) is 5.91 Å². The molecular weight excluding hydrogens is 214 g/mol. The molecule has 2 rings (SSSR count). The number of hydrogen-bond acceptors (Lipinski definition) is 2. The van der Waals surface area contributed by atoms with Gasteiger partial charge in [-0.2, -0.15) is 0 Å². The number of rotatable bonds is 3. The van der Waals surface area contributed by atoms with Gasteiger partial charge in [0.1, 0.15) is 0 Å². The van der Waals surface area contributed by atoms with Crippen molar-refractivity contribution in [3.63, 3.8) is 0 Å². The minimum atomic E-state index is 0.0469. The Morgan fingerprint density at radius 2 is 2.29 bits per heavy atom. The highest BCUT2D eigenvalue weighted by molar-refractivity contribution is 5.91. The van der Waals surface area contributed by atoms with Gasteiger partial charge in [-0.25, -0.2) is 0 Å². The molecule has 1 saturated heterocycles. The van der Waals surface area contributed by atoms with Gasteiger partial charge in [-0.3, -0.25) is 4.79 Å². The van der Waals surface area contributed by atoms with Crippen molar-refractivity contribution in [3.05, 3.63) is 29.3 Å². The number of ether oxygens (including phenoxy) is 1. The molecule has 1 heterocycles. The Balaban J connectivity index is 1.95. The van der Waals surface area contributed by atoms with Crippen molar-refractivity contribution >= 4 is 11.6 Å². The fourth-order valence-corrected chi connectivity index (χ4v) is 2.10. The van der Waals surface area contributed by atoms with Crippen molar-refractivity contribution in [1.82, 2.24) is 0 Å². The van der Waals surface area contributed by atoms with E-state index in [0.717, 1.165) is 30.7 Å². The van der Waals surface area contributed by atoms with Crippen molar-refractivity contribution in [3.8, 4) is 0 Å². The van der Waals surface area contributed by atoms with E-state index < -0.39 is 0 Å². The van der Waals surface area contributed by atoms with Crippen molar-refractivity contribution < 1.29 is 9.53 Å². The lowest BCUT2D eigenvalue weighted by molar-refractivity contribution is -0.118. The normalized spacial score (nSPS) is 19.3. The van der Waals surface area contributed by atoms with Crippen LogP contribution in [0.2, 0.25) is 0 Å². The molecule has 1 fully saturated rings. The smallest absolute Gasteiger partial charge is 0.226 e. The number of anilines is 1. The predicted octanol–water partition coefficient (Wildman–Crippen LogP) is 2.81. The van der Waals surface area contributed by atoms with Crippen molar-refractivity contribution in [2.24, 2.45) is 0 Å². The first kappa shape index (κ1) is 12.1. The first-order valence-corrected chi connectivity index (χ1v) is 6.14. The molecule has 0 saturated carbocycles. The van der Waals surface area contributed by atoms with E-state index in [0.29, 0.717) is 6.42 Å². The minimum absolute atomic E-state index is 0.0469. The molecule has 1 aliphatic rings. The number of benzene rings is 1. The molecule has 1 aromatic carbocycles. The number of amides is 1. The van der Waals surface area contributed by atoms with Crippen LogP contribution in [0.5, 0.6) is 0 Å². The van der Waals surface area contributed by atoms with Crippen LogP contribution in [0, 0.1) is 13.8 Å². The summed E-state index contributed by atoms with van der Waals surface area (Å²) >= 11 is 0. The Morgan fingerprint density at radius 3 is 3.00 bits per heavy atom. The summed E-state index contributed by atoms with van der Waals surface area (Å²) < 4.78 is 5.45. The molecule has 0 aromatic heterocycles. The van der Waals surface area contributed by atoms with Crippen molar-refractivity contribution in [2.45, 2.75) is 39.2 Å². The third kappa shape index (κ3) is 3.07. The Labute approximate surface area is 102 Å². The average molecular weight is 233 g/mol. The molecule has 17 heavy (non-hydrogen) atoms. The molecule has 0 radical (unpaired) electrons. The van der Waals surface area contributed by atoms with Gasteiger partial charge >= 0.3 is 0 Å². The molecular formula is C14H19NO2. The fraction of sp³-hybridized carbons (Fsp3) is 0.500. The molecule has 3 heteroatoms. The topological polar surface area (TPSA) is 38.3 Å². The second-order valence-corrected chi connectivity index (χ2v) is 4.63. The largest absolute Gasteiger partial charge is 0.378 e. The van der Waals surface area contributed by atoms with Crippen molar-refractivity contribution in [2.75, 3.05) is 11.9 Å². The van der Waals surface area contributed by atoms with Crippen LogP contribution in [0.25, 0.3) is 0 Å². The molecule has 92 valence electrons. The van der Waals surface area contributed by atoms with Crippen LogP contribution in [0.15, 0.2) is 18.2 Å². The first-order valence-electron chi connectivity index (χ1n) is 6.14. The highest BCUT2D eigenvalue weighted by Gasteiger charge is 2.19. The second-order valence-electron chi connectivity index (χ2n) is 4.63. The fourth-order valence-electron chi connectivity index (χ4n) is 2.10. The quantitative estimate of drug-likeness (QED) is 0.871. The molecule has 1 aliphatic heterocycles. The van der Waals surface area contributed by atoms with Gasteiger partial charge in [0.25, 0.3) is 0 Å². The molecule has 1 N–H and O–H groups in total. The lowest BCUT2D eigenvalue weighted by atomic mass is 10.1. The molecule has 0 aliphatic carbocycles. The van der Waals surface area contributed by atoms with Gasteiger partial charge in [-0.05, 0) is 43.9 Å². The number of nitrogens with one attached hydrogen (secondary N) is 1. The van der Waals surface area contributed by atoms with Crippen LogP contribution < -0.4 is 5.32 Å². The van der Waals surface area contributed by atoms with E-state index in [1.807, 2.05) is 32.0 Å². The zero-order valence-electron chi connectivity index (χ0n) is 10.5. The summed E-state index contributed by atoms with van der Waals surface area (Å²) in [4.78, 5) is 11.8. The zero-order valence-corrected chi connectivity index (χ0v) is 10.5. The van der Waals surface area contributed by atoms with Crippen molar-refractivity contribution in [1.29, 1.82) is 0 Å². The highest BCUT2D eigenvalue weighted by Crippen LogP contribution is 2.20. The zero-order chi connectivity index (χ0) is 12.3. The van der Waals surface area contributed by atoms with E-state index in [-0.39, 0.29) is 12.0 Å². The van der Waals surface area contributed by atoms with Crippen LogP contribution in [0.3, 0.4) is 0 Å². The van der Waals surface area contributed by atoms with E-state index >= 15 is 0 Å². The maximum Gasteiger partial charge on any atom is 0.226 e. The lowest BCUT2D eigenvalue weighted by Crippen LogP contribution is -2.19. The van der Waals surface area contributed by atoms with Crippen LogP contribution in [0.4, 0.5) is 5.69 Å². The molecule has 0 bridgehead atoms. The van der Waals surface area contributed by atoms with Gasteiger partial charge in [0.15, 0.2) is 0 Å².